The van der Waals surface area contributed by atoms with Crippen LogP contribution in [0.15, 0.2) is 0 Å². The summed E-state index contributed by atoms with van der Waals surface area (Å²) in [6, 6.07) is 3.37. The van der Waals surface area contributed by atoms with E-state index in [2.05, 4.69) is 24.2 Å². The second kappa shape index (κ2) is 6.13. The molecule has 0 spiro atoms. The quantitative estimate of drug-likeness (QED) is 0.767. The number of nitrogens with one attached hydrogen (secondary N) is 1. The number of hydrogen-bond donors (Lipinski definition) is 1. The van der Waals surface area contributed by atoms with Crippen molar-refractivity contribution in [1.29, 1.82) is 0 Å². The molecule has 3 fully saturated rings. The molecular formula is C17H32N2. The molecule has 2 aliphatic heterocycles. The Morgan fingerprint density at radius 3 is 2.21 bits per heavy atom. The van der Waals surface area contributed by atoms with Gasteiger partial charge in [-0.3, -0.25) is 0 Å². The van der Waals surface area contributed by atoms with Crippen molar-refractivity contribution in [2.24, 2.45) is 5.92 Å². The first-order chi connectivity index (χ1) is 9.22. The summed E-state index contributed by atoms with van der Waals surface area (Å²) in [7, 11) is 2.36. The van der Waals surface area contributed by atoms with Crippen LogP contribution in [0.5, 0.6) is 0 Å². The lowest BCUT2D eigenvalue weighted by Crippen LogP contribution is -2.55. The summed E-state index contributed by atoms with van der Waals surface area (Å²) < 4.78 is 0. The van der Waals surface area contributed by atoms with Crippen molar-refractivity contribution in [3.05, 3.63) is 0 Å². The van der Waals surface area contributed by atoms with Crippen LogP contribution in [0.1, 0.15) is 71.1 Å². The van der Waals surface area contributed by atoms with Crippen LogP contribution in [0.25, 0.3) is 0 Å². The van der Waals surface area contributed by atoms with Crippen LogP contribution in [-0.2, 0) is 0 Å². The minimum absolute atomic E-state index is 0.810. The van der Waals surface area contributed by atoms with Gasteiger partial charge in [0.05, 0.1) is 0 Å². The maximum absolute atomic E-state index is 4.04. The van der Waals surface area contributed by atoms with E-state index in [0.717, 1.165) is 30.1 Å². The standard InChI is InChI=1S/C17H32N2/c1-13-5-3-6-14(10-9-13)18-15-11-16-7-4-8-17(12-15)19(16)2/h13-18H,3-12H2,1-2H3. The summed E-state index contributed by atoms with van der Waals surface area (Å²) in [4.78, 5) is 2.68. The highest BCUT2D eigenvalue weighted by Gasteiger charge is 2.36. The van der Waals surface area contributed by atoms with Crippen LogP contribution in [0.2, 0.25) is 0 Å². The molecule has 2 saturated heterocycles. The van der Waals surface area contributed by atoms with E-state index >= 15 is 0 Å². The smallest absolute Gasteiger partial charge is 0.0110 e. The van der Waals surface area contributed by atoms with Gasteiger partial charge in [0.15, 0.2) is 0 Å². The van der Waals surface area contributed by atoms with Crippen molar-refractivity contribution in [3.8, 4) is 0 Å². The molecule has 2 heteroatoms. The van der Waals surface area contributed by atoms with Crippen molar-refractivity contribution >= 4 is 0 Å². The Bertz CT molecular complexity index is 277. The van der Waals surface area contributed by atoms with E-state index in [0.29, 0.717) is 0 Å². The maximum Gasteiger partial charge on any atom is 0.0110 e. The molecular weight excluding hydrogens is 232 g/mol. The zero-order valence-corrected chi connectivity index (χ0v) is 12.9. The van der Waals surface area contributed by atoms with E-state index in [-0.39, 0.29) is 0 Å². The largest absolute Gasteiger partial charge is 0.311 e. The van der Waals surface area contributed by atoms with Gasteiger partial charge >= 0.3 is 0 Å². The number of hydrogen-bond acceptors (Lipinski definition) is 2. The molecule has 2 heterocycles. The second-order valence-electron chi connectivity index (χ2n) is 7.55. The van der Waals surface area contributed by atoms with Gasteiger partial charge in [0.2, 0.25) is 0 Å². The van der Waals surface area contributed by atoms with Gasteiger partial charge in [-0.05, 0) is 57.9 Å². The Morgan fingerprint density at radius 1 is 0.789 bits per heavy atom. The molecule has 0 aromatic rings. The van der Waals surface area contributed by atoms with Crippen molar-refractivity contribution in [3.63, 3.8) is 0 Å². The first kappa shape index (κ1) is 13.9. The number of rotatable bonds is 2. The van der Waals surface area contributed by atoms with Crippen LogP contribution in [0.4, 0.5) is 0 Å². The summed E-state index contributed by atoms with van der Waals surface area (Å²) in [5.41, 5.74) is 0. The molecule has 2 bridgehead atoms. The molecule has 3 aliphatic rings. The minimum atomic E-state index is 0.810. The summed E-state index contributed by atoms with van der Waals surface area (Å²) in [5.74, 6) is 0.962. The monoisotopic (exact) mass is 264 g/mol. The highest BCUT2D eigenvalue weighted by atomic mass is 15.2. The molecule has 110 valence electrons. The van der Waals surface area contributed by atoms with E-state index in [4.69, 9.17) is 0 Å². The van der Waals surface area contributed by atoms with Crippen LogP contribution in [0, 0.1) is 5.92 Å². The molecule has 0 amide bonds. The van der Waals surface area contributed by atoms with E-state index in [1.165, 1.54) is 64.2 Å². The number of fused-ring (bicyclic) bond motifs is 2. The number of piperidine rings is 2. The lowest BCUT2D eigenvalue weighted by atomic mass is 9.82. The molecule has 1 saturated carbocycles. The second-order valence-corrected chi connectivity index (χ2v) is 7.55. The van der Waals surface area contributed by atoms with E-state index in [1.54, 1.807) is 0 Å². The fourth-order valence-electron chi connectivity index (χ4n) is 4.74. The lowest BCUT2D eigenvalue weighted by molar-refractivity contribution is 0.0452. The number of nitrogens with zero attached hydrogens (tertiary/aromatic N) is 1. The summed E-state index contributed by atoms with van der Waals surface area (Å²) in [6.07, 6.45) is 14.3. The summed E-state index contributed by atoms with van der Waals surface area (Å²) >= 11 is 0. The molecule has 4 unspecified atom stereocenters. The predicted molar refractivity (Wildman–Crippen MR) is 81.4 cm³/mol. The first-order valence-electron chi connectivity index (χ1n) is 8.70. The molecule has 4 atom stereocenters. The van der Waals surface area contributed by atoms with Crippen molar-refractivity contribution in [1.82, 2.24) is 10.2 Å². The van der Waals surface area contributed by atoms with Crippen molar-refractivity contribution in [2.75, 3.05) is 7.05 Å². The van der Waals surface area contributed by atoms with Gasteiger partial charge in [-0.25, -0.2) is 0 Å². The third-order valence-electron chi connectivity index (χ3n) is 6.07. The molecule has 0 aromatic heterocycles. The summed E-state index contributed by atoms with van der Waals surface area (Å²) in [5, 5.41) is 4.04. The zero-order valence-electron chi connectivity index (χ0n) is 12.9. The topological polar surface area (TPSA) is 15.3 Å². The molecule has 0 aromatic carbocycles. The third-order valence-corrected chi connectivity index (χ3v) is 6.07. The van der Waals surface area contributed by atoms with E-state index in [9.17, 15) is 0 Å². The molecule has 1 aliphatic carbocycles. The van der Waals surface area contributed by atoms with Crippen LogP contribution in [0.3, 0.4) is 0 Å². The van der Waals surface area contributed by atoms with Crippen LogP contribution >= 0.6 is 0 Å². The van der Waals surface area contributed by atoms with Gasteiger partial charge < -0.3 is 10.2 Å². The minimum Gasteiger partial charge on any atom is -0.311 e. The van der Waals surface area contributed by atoms with Gasteiger partial charge in [0.25, 0.3) is 0 Å². The Kier molecular flexibility index (Phi) is 4.48. The third kappa shape index (κ3) is 3.33. The van der Waals surface area contributed by atoms with Gasteiger partial charge in [-0.1, -0.05) is 26.2 Å². The lowest BCUT2D eigenvalue weighted by Gasteiger charge is -2.48. The Morgan fingerprint density at radius 2 is 1.47 bits per heavy atom. The van der Waals surface area contributed by atoms with Gasteiger partial charge in [0.1, 0.15) is 0 Å². The predicted octanol–water partition coefficient (Wildman–Crippen LogP) is 3.56. The Labute approximate surface area is 119 Å². The van der Waals surface area contributed by atoms with Gasteiger partial charge in [-0.15, -0.1) is 0 Å². The Balaban J connectivity index is 1.53. The SMILES string of the molecule is CC1CCCC(NC2CC3CCCC(C2)N3C)CC1. The van der Waals surface area contributed by atoms with E-state index in [1.807, 2.05) is 0 Å². The maximum atomic E-state index is 4.04. The fourth-order valence-corrected chi connectivity index (χ4v) is 4.74. The fraction of sp³-hybridized carbons (Fsp3) is 1.00. The summed E-state index contributed by atoms with van der Waals surface area (Å²) in [6.45, 7) is 2.43. The van der Waals surface area contributed by atoms with Crippen molar-refractivity contribution < 1.29 is 0 Å². The van der Waals surface area contributed by atoms with E-state index < -0.39 is 0 Å². The molecule has 1 N–H and O–H groups in total. The Hall–Kier alpha value is -0.0800. The molecule has 19 heavy (non-hydrogen) atoms. The molecule has 2 nitrogen and oxygen atoms in total. The average molecular weight is 264 g/mol. The average Bonchev–Trinajstić information content (AvgIpc) is 2.56. The first-order valence-corrected chi connectivity index (χ1v) is 8.70. The van der Waals surface area contributed by atoms with Gasteiger partial charge in [-0.2, -0.15) is 0 Å². The zero-order chi connectivity index (χ0) is 13.2. The highest BCUT2D eigenvalue weighted by Crippen LogP contribution is 2.33. The van der Waals surface area contributed by atoms with Crippen LogP contribution < -0.4 is 5.32 Å². The molecule has 3 rings (SSSR count). The van der Waals surface area contributed by atoms with Crippen LogP contribution in [-0.4, -0.2) is 36.1 Å². The highest BCUT2D eigenvalue weighted by molar-refractivity contribution is 4.94. The van der Waals surface area contributed by atoms with Crippen molar-refractivity contribution in [2.45, 2.75) is 95.3 Å². The van der Waals surface area contributed by atoms with Gasteiger partial charge in [0, 0.05) is 24.2 Å². The molecule has 0 radical (unpaired) electrons. The normalized spacial score (nSPS) is 44.8.